The summed E-state index contributed by atoms with van der Waals surface area (Å²) in [5, 5.41) is 0.643. The second-order valence-corrected chi connectivity index (χ2v) is 2.94. The number of rotatable bonds is 1. The van der Waals surface area contributed by atoms with Crippen molar-refractivity contribution < 1.29 is 4.79 Å². The third-order valence-corrected chi connectivity index (χ3v) is 1.75. The molecule has 0 aliphatic rings. The Kier molecular flexibility index (Phi) is 3.53. The van der Waals surface area contributed by atoms with Gasteiger partial charge in [-0.1, -0.05) is 27.8 Å². The second-order valence-electron chi connectivity index (χ2n) is 2.38. The number of nitrogens with two attached hydrogens (primary N) is 1. The minimum atomic E-state index is -0.417. The Morgan fingerprint density at radius 3 is 2.46 bits per heavy atom. The molecule has 0 saturated heterocycles. The summed E-state index contributed by atoms with van der Waals surface area (Å²) in [6, 6.07) is 6.88. The van der Waals surface area contributed by atoms with Crippen LogP contribution in [-0.4, -0.2) is 11.2 Å². The van der Waals surface area contributed by atoms with E-state index in [4.69, 9.17) is 5.73 Å². The summed E-state index contributed by atoms with van der Waals surface area (Å²) >= 11 is 3.20. The third kappa shape index (κ3) is 2.92. The lowest BCUT2D eigenvalue weighted by molar-refractivity contribution is 0.100. The lowest BCUT2D eigenvalue weighted by Crippen LogP contribution is -2.10. The van der Waals surface area contributed by atoms with Gasteiger partial charge in [-0.15, -0.1) is 0 Å². The van der Waals surface area contributed by atoms with E-state index in [9.17, 15) is 4.79 Å². The van der Waals surface area contributed by atoms with Crippen molar-refractivity contribution in [2.45, 2.75) is 0 Å². The number of alkyl halides is 1. The molecule has 0 heterocycles. The average molecular weight is 238 g/mol. The fourth-order valence-electron chi connectivity index (χ4n) is 0.853. The smallest absolute Gasteiger partial charge is 0.248 e. The van der Waals surface area contributed by atoms with Crippen LogP contribution >= 0.6 is 15.9 Å². The van der Waals surface area contributed by atoms with Crippen LogP contribution in [0.15, 0.2) is 24.3 Å². The number of halogens is 1. The lowest BCUT2D eigenvalue weighted by atomic mass is 10.1. The maximum Gasteiger partial charge on any atom is 0.248 e. The van der Waals surface area contributed by atoms with Crippen LogP contribution in [0.4, 0.5) is 0 Å². The van der Waals surface area contributed by atoms with Gasteiger partial charge in [0, 0.05) is 11.1 Å². The number of hydrogen-bond acceptors (Lipinski definition) is 1. The maximum absolute atomic E-state index is 10.7. The number of benzene rings is 1. The summed E-state index contributed by atoms with van der Waals surface area (Å²) in [5.41, 5.74) is 6.46. The van der Waals surface area contributed by atoms with E-state index >= 15 is 0 Å². The Labute approximate surface area is 85.3 Å². The molecule has 0 fully saturated rings. The van der Waals surface area contributed by atoms with Gasteiger partial charge in [0.2, 0.25) is 5.91 Å². The van der Waals surface area contributed by atoms with Crippen LogP contribution in [0.1, 0.15) is 15.9 Å². The van der Waals surface area contributed by atoms with Gasteiger partial charge >= 0.3 is 0 Å². The normalized spacial score (nSPS) is 8.69. The first-order valence-corrected chi connectivity index (χ1v) is 4.81. The molecular formula is C10H8BrNO. The third-order valence-electron chi connectivity index (χ3n) is 1.47. The van der Waals surface area contributed by atoms with Gasteiger partial charge in [-0.05, 0) is 24.3 Å². The molecule has 0 unspecified atom stereocenters. The molecule has 2 N–H and O–H groups in total. The Morgan fingerprint density at radius 2 is 2.00 bits per heavy atom. The highest BCUT2D eigenvalue weighted by atomic mass is 79.9. The zero-order valence-electron chi connectivity index (χ0n) is 6.88. The van der Waals surface area contributed by atoms with Crippen molar-refractivity contribution in [1.29, 1.82) is 0 Å². The van der Waals surface area contributed by atoms with Crippen LogP contribution in [0.2, 0.25) is 0 Å². The SMILES string of the molecule is NC(=O)c1ccc(C#CCBr)cc1. The van der Waals surface area contributed by atoms with Gasteiger partial charge in [0.15, 0.2) is 0 Å². The number of hydrogen-bond donors (Lipinski definition) is 1. The van der Waals surface area contributed by atoms with Gasteiger partial charge < -0.3 is 5.73 Å². The first kappa shape index (κ1) is 9.82. The molecular weight excluding hydrogens is 230 g/mol. The van der Waals surface area contributed by atoms with Gasteiger partial charge in [-0.25, -0.2) is 0 Å². The zero-order chi connectivity index (χ0) is 9.68. The number of carbonyl (C=O) groups is 1. The van der Waals surface area contributed by atoms with Crippen molar-refractivity contribution in [1.82, 2.24) is 0 Å². The van der Waals surface area contributed by atoms with E-state index in [1.54, 1.807) is 24.3 Å². The van der Waals surface area contributed by atoms with E-state index in [0.29, 0.717) is 10.9 Å². The standard InChI is InChI=1S/C10H8BrNO/c11-7-1-2-8-3-5-9(6-4-8)10(12)13/h3-6H,7H2,(H2,12,13). The van der Waals surface area contributed by atoms with E-state index in [1.165, 1.54) is 0 Å². The van der Waals surface area contributed by atoms with E-state index < -0.39 is 5.91 Å². The largest absolute Gasteiger partial charge is 0.366 e. The van der Waals surface area contributed by atoms with Gasteiger partial charge in [-0.3, -0.25) is 4.79 Å². The Balaban J connectivity index is 2.87. The van der Waals surface area contributed by atoms with Crippen molar-refractivity contribution in [3.8, 4) is 11.8 Å². The van der Waals surface area contributed by atoms with Crippen LogP contribution in [0.25, 0.3) is 0 Å². The zero-order valence-corrected chi connectivity index (χ0v) is 8.47. The van der Waals surface area contributed by atoms with E-state index in [0.717, 1.165) is 5.56 Å². The fraction of sp³-hybridized carbons (Fsp3) is 0.100. The highest BCUT2D eigenvalue weighted by Gasteiger charge is 1.97. The van der Waals surface area contributed by atoms with E-state index in [-0.39, 0.29) is 0 Å². The van der Waals surface area contributed by atoms with Crippen molar-refractivity contribution in [2.75, 3.05) is 5.33 Å². The number of amides is 1. The maximum atomic E-state index is 10.7. The lowest BCUT2D eigenvalue weighted by Gasteiger charge is -1.93. The topological polar surface area (TPSA) is 43.1 Å². The number of primary amides is 1. The van der Waals surface area contributed by atoms with Crippen LogP contribution in [0.5, 0.6) is 0 Å². The van der Waals surface area contributed by atoms with Gasteiger partial charge in [0.05, 0.1) is 5.33 Å². The molecule has 0 atom stereocenters. The first-order valence-electron chi connectivity index (χ1n) is 3.68. The summed E-state index contributed by atoms with van der Waals surface area (Å²) in [6.07, 6.45) is 0. The summed E-state index contributed by atoms with van der Waals surface area (Å²) in [4.78, 5) is 10.7. The van der Waals surface area contributed by atoms with Crippen LogP contribution in [-0.2, 0) is 0 Å². The van der Waals surface area contributed by atoms with Crippen LogP contribution < -0.4 is 5.73 Å². The Bertz CT molecular complexity index is 359. The second kappa shape index (κ2) is 4.68. The fourth-order valence-corrected chi connectivity index (χ4v) is 0.993. The van der Waals surface area contributed by atoms with Crippen LogP contribution in [0, 0.1) is 11.8 Å². The molecule has 3 heteroatoms. The van der Waals surface area contributed by atoms with Gasteiger partial charge in [0.1, 0.15) is 0 Å². The molecule has 1 aromatic carbocycles. The summed E-state index contributed by atoms with van der Waals surface area (Å²) in [5.74, 6) is 5.36. The molecule has 0 aliphatic carbocycles. The quantitative estimate of drug-likeness (QED) is 0.585. The van der Waals surface area contributed by atoms with Crippen molar-refractivity contribution in [3.05, 3.63) is 35.4 Å². The average Bonchev–Trinajstić information content (AvgIpc) is 2.15. The minimum Gasteiger partial charge on any atom is -0.366 e. The Hall–Kier alpha value is -1.27. The molecule has 1 amide bonds. The molecule has 0 saturated carbocycles. The molecule has 1 aromatic rings. The highest BCUT2D eigenvalue weighted by molar-refractivity contribution is 9.09. The molecule has 0 spiro atoms. The predicted molar refractivity (Wildman–Crippen MR) is 55.6 cm³/mol. The van der Waals surface area contributed by atoms with Gasteiger partial charge in [-0.2, -0.15) is 0 Å². The van der Waals surface area contributed by atoms with E-state index in [2.05, 4.69) is 27.8 Å². The molecule has 0 aliphatic heterocycles. The number of carbonyl (C=O) groups excluding carboxylic acids is 1. The van der Waals surface area contributed by atoms with E-state index in [1.807, 2.05) is 0 Å². The highest BCUT2D eigenvalue weighted by Crippen LogP contribution is 2.02. The monoisotopic (exact) mass is 237 g/mol. The Morgan fingerprint density at radius 1 is 1.38 bits per heavy atom. The molecule has 66 valence electrons. The predicted octanol–water partition coefficient (Wildman–Crippen LogP) is 1.53. The molecule has 0 bridgehead atoms. The molecule has 13 heavy (non-hydrogen) atoms. The molecule has 2 nitrogen and oxygen atoms in total. The van der Waals surface area contributed by atoms with Crippen LogP contribution in [0.3, 0.4) is 0 Å². The summed E-state index contributed by atoms with van der Waals surface area (Å²) in [6.45, 7) is 0. The molecule has 0 radical (unpaired) electrons. The summed E-state index contributed by atoms with van der Waals surface area (Å²) < 4.78 is 0. The minimum absolute atomic E-state index is 0.417. The van der Waals surface area contributed by atoms with Crippen molar-refractivity contribution in [2.24, 2.45) is 5.73 Å². The van der Waals surface area contributed by atoms with Crippen molar-refractivity contribution in [3.63, 3.8) is 0 Å². The first-order chi connectivity index (χ1) is 6.24. The molecule has 1 rings (SSSR count). The van der Waals surface area contributed by atoms with Crippen molar-refractivity contribution >= 4 is 21.8 Å². The molecule has 0 aromatic heterocycles. The summed E-state index contributed by atoms with van der Waals surface area (Å²) in [7, 11) is 0. The van der Waals surface area contributed by atoms with Gasteiger partial charge in [0.25, 0.3) is 0 Å².